The first kappa shape index (κ1) is 22.2. The van der Waals surface area contributed by atoms with Crippen molar-refractivity contribution < 1.29 is 14.3 Å². The van der Waals surface area contributed by atoms with Crippen LogP contribution in [0.5, 0.6) is 0 Å². The highest BCUT2D eigenvalue weighted by Crippen LogP contribution is 2.24. The molecule has 0 aliphatic rings. The Morgan fingerprint density at radius 3 is 2.19 bits per heavy atom. The molecule has 148 valence electrons. The first-order valence-electron chi connectivity index (χ1n) is 9.30. The van der Waals surface area contributed by atoms with E-state index in [1.807, 2.05) is 31.5 Å². The molecule has 6 nitrogen and oxygen atoms in total. The van der Waals surface area contributed by atoms with Crippen LogP contribution in [0.3, 0.4) is 0 Å². The minimum absolute atomic E-state index is 0.126. The van der Waals surface area contributed by atoms with Crippen molar-refractivity contribution in [3.8, 4) is 0 Å². The van der Waals surface area contributed by atoms with Crippen LogP contribution in [0.15, 0.2) is 6.07 Å². The molecular weight excluding hydrogens is 330 g/mol. The lowest BCUT2D eigenvalue weighted by atomic mass is 10.1. The second-order valence-electron chi connectivity index (χ2n) is 9.11. The Morgan fingerprint density at radius 2 is 1.77 bits per heavy atom. The van der Waals surface area contributed by atoms with Gasteiger partial charge in [0.2, 0.25) is 0 Å². The number of carbonyl (C=O) groups excluding carboxylic acids is 2. The molecule has 0 aromatic carbocycles. The van der Waals surface area contributed by atoms with Gasteiger partial charge in [-0.3, -0.25) is 14.3 Å². The van der Waals surface area contributed by atoms with Gasteiger partial charge in [-0.1, -0.05) is 13.8 Å². The molecule has 1 heterocycles. The quantitative estimate of drug-likeness (QED) is 0.716. The van der Waals surface area contributed by atoms with Crippen molar-refractivity contribution >= 4 is 11.9 Å². The molecule has 1 rings (SSSR count). The molecule has 0 fully saturated rings. The molecule has 1 amide bonds. The lowest BCUT2D eigenvalue weighted by Crippen LogP contribution is -2.30. The number of aromatic nitrogens is 2. The predicted octanol–water partition coefficient (Wildman–Crippen LogP) is 3.96. The van der Waals surface area contributed by atoms with Crippen molar-refractivity contribution in [2.75, 3.05) is 13.6 Å². The zero-order valence-electron chi connectivity index (χ0n) is 17.8. The van der Waals surface area contributed by atoms with E-state index in [1.54, 1.807) is 11.9 Å². The molecule has 0 aliphatic carbocycles. The molecule has 1 aromatic heterocycles. The van der Waals surface area contributed by atoms with Gasteiger partial charge < -0.3 is 9.64 Å². The summed E-state index contributed by atoms with van der Waals surface area (Å²) in [6.45, 7) is 16.4. The average Bonchev–Trinajstić information content (AvgIpc) is 2.89. The third-order valence-electron chi connectivity index (χ3n) is 3.82. The zero-order valence-corrected chi connectivity index (χ0v) is 17.8. The molecule has 0 radical (unpaired) electrons. The minimum atomic E-state index is -0.480. The van der Waals surface area contributed by atoms with Gasteiger partial charge in [-0.15, -0.1) is 0 Å². The van der Waals surface area contributed by atoms with Crippen molar-refractivity contribution in [2.24, 2.45) is 0 Å². The maximum atomic E-state index is 12.7. The van der Waals surface area contributed by atoms with Crippen LogP contribution in [-0.2, 0) is 15.1 Å². The maximum Gasteiger partial charge on any atom is 0.306 e. The summed E-state index contributed by atoms with van der Waals surface area (Å²) in [5, 5.41) is 4.55. The monoisotopic (exact) mass is 365 g/mol. The number of ether oxygens (including phenoxy) is 1. The largest absolute Gasteiger partial charge is 0.460 e. The molecule has 0 bridgehead atoms. The third kappa shape index (κ3) is 6.46. The first-order valence-corrected chi connectivity index (χ1v) is 9.30. The van der Waals surface area contributed by atoms with Crippen LogP contribution in [0, 0.1) is 0 Å². The van der Waals surface area contributed by atoms with E-state index in [0.29, 0.717) is 25.1 Å². The van der Waals surface area contributed by atoms with Gasteiger partial charge in [0.1, 0.15) is 5.60 Å². The van der Waals surface area contributed by atoms with Gasteiger partial charge in [0.05, 0.1) is 5.54 Å². The highest BCUT2D eigenvalue weighted by Gasteiger charge is 2.25. The standard InChI is InChI=1S/C20H35N3O3/c1-14(2)16-13-15(21-23(16)19(3,4)5)18(25)22(9)12-10-11-17(24)26-20(6,7)8/h13-14H,10-12H2,1-9H3. The van der Waals surface area contributed by atoms with Gasteiger partial charge in [0.15, 0.2) is 5.69 Å². The van der Waals surface area contributed by atoms with Crippen LogP contribution in [-0.4, -0.2) is 45.8 Å². The second kappa shape index (κ2) is 8.23. The molecule has 0 aliphatic heterocycles. The van der Waals surface area contributed by atoms with Crippen LogP contribution in [0.2, 0.25) is 0 Å². The van der Waals surface area contributed by atoms with Crippen molar-refractivity contribution in [3.05, 3.63) is 17.5 Å². The molecule has 0 atom stereocenters. The number of nitrogens with zero attached hydrogens (tertiary/aromatic N) is 3. The summed E-state index contributed by atoms with van der Waals surface area (Å²) in [5.74, 6) is -0.0858. The predicted molar refractivity (Wildman–Crippen MR) is 103 cm³/mol. The molecule has 0 saturated carbocycles. The van der Waals surface area contributed by atoms with Crippen LogP contribution in [0.25, 0.3) is 0 Å². The molecule has 0 spiro atoms. The topological polar surface area (TPSA) is 64.4 Å². The summed E-state index contributed by atoms with van der Waals surface area (Å²) < 4.78 is 7.22. The van der Waals surface area contributed by atoms with Crippen molar-refractivity contribution in [1.82, 2.24) is 14.7 Å². The zero-order chi connectivity index (χ0) is 20.3. The third-order valence-corrected chi connectivity index (χ3v) is 3.82. The van der Waals surface area contributed by atoms with Crippen LogP contribution < -0.4 is 0 Å². The molecule has 0 unspecified atom stereocenters. The summed E-state index contributed by atoms with van der Waals surface area (Å²) in [4.78, 5) is 26.1. The van der Waals surface area contributed by atoms with Gasteiger partial charge in [0.25, 0.3) is 5.91 Å². The molecule has 0 N–H and O–H groups in total. The summed E-state index contributed by atoms with van der Waals surface area (Å²) in [6, 6.07) is 1.88. The van der Waals surface area contributed by atoms with E-state index in [-0.39, 0.29) is 23.3 Å². The van der Waals surface area contributed by atoms with Gasteiger partial charge in [-0.2, -0.15) is 5.10 Å². The van der Waals surface area contributed by atoms with E-state index in [2.05, 4.69) is 39.7 Å². The summed E-state index contributed by atoms with van der Waals surface area (Å²) in [7, 11) is 1.74. The molecule has 1 aromatic rings. The summed E-state index contributed by atoms with van der Waals surface area (Å²) in [6.07, 6.45) is 0.858. The Hall–Kier alpha value is -1.85. The minimum Gasteiger partial charge on any atom is -0.460 e. The number of hydrogen-bond donors (Lipinski definition) is 0. The highest BCUT2D eigenvalue weighted by atomic mass is 16.6. The van der Waals surface area contributed by atoms with Crippen LogP contribution in [0.1, 0.15) is 90.3 Å². The molecule has 6 heteroatoms. The van der Waals surface area contributed by atoms with Crippen molar-refractivity contribution in [1.29, 1.82) is 0 Å². The normalized spacial score (nSPS) is 12.4. The van der Waals surface area contributed by atoms with Gasteiger partial charge in [0, 0.05) is 25.7 Å². The fourth-order valence-corrected chi connectivity index (χ4v) is 2.60. The Labute approximate surface area is 157 Å². The maximum absolute atomic E-state index is 12.7. The highest BCUT2D eigenvalue weighted by molar-refractivity contribution is 5.92. The van der Waals surface area contributed by atoms with Crippen LogP contribution >= 0.6 is 0 Å². The number of esters is 1. The SMILES string of the molecule is CC(C)c1cc(C(=O)N(C)CCCC(=O)OC(C)(C)C)nn1C(C)(C)C. The number of rotatable bonds is 6. The fraction of sp³-hybridized carbons (Fsp3) is 0.750. The van der Waals surface area contributed by atoms with Crippen LogP contribution in [0.4, 0.5) is 0 Å². The summed E-state index contributed by atoms with van der Waals surface area (Å²) >= 11 is 0. The number of hydrogen-bond acceptors (Lipinski definition) is 4. The van der Waals surface area contributed by atoms with Gasteiger partial charge in [-0.25, -0.2) is 0 Å². The van der Waals surface area contributed by atoms with Gasteiger partial charge in [-0.05, 0) is 59.9 Å². The first-order chi connectivity index (χ1) is 11.7. The van der Waals surface area contributed by atoms with E-state index in [4.69, 9.17) is 4.74 Å². The van der Waals surface area contributed by atoms with E-state index in [0.717, 1.165) is 5.69 Å². The van der Waals surface area contributed by atoms with E-state index < -0.39 is 5.60 Å². The smallest absolute Gasteiger partial charge is 0.306 e. The lowest BCUT2D eigenvalue weighted by molar-refractivity contribution is -0.154. The van der Waals surface area contributed by atoms with Crippen molar-refractivity contribution in [3.63, 3.8) is 0 Å². The molecule has 0 saturated heterocycles. The number of carbonyl (C=O) groups is 2. The van der Waals surface area contributed by atoms with E-state index in [1.165, 1.54) is 0 Å². The Balaban J connectivity index is 2.73. The van der Waals surface area contributed by atoms with Crippen molar-refractivity contribution in [2.45, 2.75) is 85.3 Å². The number of amides is 1. The molecule has 26 heavy (non-hydrogen) atoms. The molecular formula is C20H35N3O3. The van der Waals surface area contributed by atoms with E-state index >= 15 is 0 Å². The average molecular weight is 366 g/mol. The Kier molecular flexibility index (Phi) is 7.02. The summed E-state index contributed by atoms with van der Waals surface area (Å²) in [5.41, 5.74) is 0.825. The Bertz CT molecular complexity index is 634. The fourth-order valence-electron chi connectivity index (χ4n) is 2.60. The van der Waals surface area contributed by atoms with Gasteiger partial charge >= 0.3 is 5.97 Å². The lowest BCUT2D eigenvalue weighted by Gasteiger charge is -2.23. The Morgan fingerprint density at radius 1 is 1.19 bits per heavy atom. The van der Waals surface area contributed by atoms with E-state index in [9.17, 15) is 9.59 Å². The second-order valence-corrected chi connectivity index (χ2v) is 9.11.